The van der Waals surface area contributed by atoms with Crippen LogP contribution in [0, 0.1) is 5.92 Å². The number of piperidine rings is 1. The number of hydrogen-bond donors (Lipinski definition) is 2. The summed E-state index contributed by atoms with van der Waals surface area (Å²) in [6.45, 7) is 18.4. The number of rotatable bonds is 6. The lowest BCUT2D eigenvalue weighted by Crippen LogP contribution is -2.55. The van der Waals surface area contributed by atoms with Crippen molar-refractivity contribution in [2.75, 3.05) is 18.4 Å². The summed E-state index contributed by atoms with van der Waals surface area (Å²) in [4.78, 5) is 36.3. The molecule has 0 aromatic carbocycles. The van der Waals surface area contributed by atoms with Gasteiger partial charge in [-0.25, -0.2) is 14.8 Å². The van der Waals surface area contributed by atoms with E-state index in [2.05, 4.69) is 20.6 Å². The minimum absolute atomic E-state index is 0.000244. The van der Waals surface area contributed by atoms with Gasteiger partial charge < -0.3 is 29.6 Å². The van der Waals surface area contributed by atoms with Gasteiger partial charge in [-0.1, -0.05) is 13.8 Å². The van der Waals surface area contributed by atoms with Gasteiger partial charge in [-0.2, -0.15) is 0 Å². The van der Waals surface area contributed by atoms with Crippen LogP contribution in [0.15, 0.2) is 12.4 Å². The number of likely N-dealkylation sites (tertiary alicyclic amines) is 1. The highest BCUT2D eigenvalue weighted by Gasteiger charge is 2.52. The lowest BCUT2D eigenvalue weighted by molar-refractivity contribution is -0.135. The molecular weight excluding hydrogens is 461 g/mol. The van der Waals surface area contributed by atoms with Gasteiger partial charge in [0.2, 0.25) is 11.9 Å². The van der Waals surface area contributed by atoms with Crippen LogP contribution in [0.3, 0.4) is 0 Å². The van der Waals surface area contributed by atoms with Crippen molar-refractivity contribution in [1.82, 2.24) is 20.2 Å². The molecule has 0 saturated carbocycles. The van der Waals surface area contributed by atoms with Crippen molar-refractivity contribution in [3.8, 4) is 0 Å². The van der Waals surface area contributed by atoms with Crippen LogP contribution in [-0.4, -0.2) is 76.0 Å². The Bertz CT molecular complexity index is 916. The quantitative estimate of drug-likeness (QED) is 0.570. The SMILES string of the molecule is CC(C)[C@H](NC(=O)OC(C)(C)C)C(=O)N1CCC[C@@H](Nc2ncc(B3OC(C)(C)C(C)(C)O3)cn2)C1. The van der Waals surface area contributed by atoms with E-state index in [-0.39, 0.29) is 17.9 Å². The number of ether oxygens (including phenoxy) is 1. The molecule has 10 nitrogen and oxygen atoms in total. The van der Waals surface area contributed by atoms with Crippen molar-refractivity contribution < 1.29 is 23.6 Å². The number of aromatic nitrogens is 2. The van der Waals surface area contributed by atoms with Crippen molar-refractivity contribution in [2.24, 2.45) is 5.92 Å². The summed E-state index contributed by atoms with van der Waals surface area (Å²) in [5.41, 5.74) is -0.738. The number of anilines is 1. The zero-order chi connectivity index (χ0) is 26.9. The normalized spacial score (nSPS) is 22.3. The molecule has 11 heteroatoms. The molecule has 0 bridgehead atoms. The Morgan fingerprint density at radius 1 is 1.14 bits per heavy atom. The average Bonchev–Trinajstić information content (AvgIpc) is 2.98. The van der Waals surface area contributed by atoms with Gasteiger partial charge in [0, 0.05) is 37.0 Å². The van der Waals surface area contributed by atoms with E-state index in [4.69, 9.17) is 14.0 Å². The standard InChI is InChI=1S/C25H42BN5O5/c1-16(2)19(30-22(33)34-23(3,4)5)20(32)31-12-10-11-18(15-31)29-21-27-13-17(14-28-21)26-35-24(6,7)25(8,9)36-26/h13-14,16,18-19H,10-12,15H2,1-9H3,(H,30,33)(H,27,28,29)/t18-,19+/m1/s1. The number of nitrogens with zero attached hydrogens (tertiary/aromatic N) is 3. The van der Waals surface area contributed by atoms with Crippen LogP contribution in [0.1, 0.15) is 75.2 Å². The Hall–Kier alpha value is -2.40. The maximum absolute atomic E-state index is 13.3. The number of amides is 2. The molecule has 2 aliphatic heterocycles. The molecule has 3 rings (SSSR count). The Balaban J connectivity index is 1.59. The fourth-order valence-corrected chi connectivity index (χ4v) is 4.14. The monoisotopic (exact) mass is 503 g/mol. The van der Waals surface area contributed by atoms with E-state index in [1.165, 1.54) is 0 Å². The summed E-state index contributed by atoms with van der Waals surface area (Å²) in [5.74, 6) is 0.297. The first kappa shape index (κ1) is 28.2. The second-order valence-electron chi connectivity index (χ2n) is 12.1. The molecule has 36 heavy (non-hydrogen) atoms. The highest BCUT2D eigenvalue weighted by atomic mass is 16.7. The second-order valence-corrected chi connectivity index (χ2v) is 12.1. The zero-order valence-electron chi connectivity index (χ0n) is 23.2. The number of hydrogen-bond acceptors (Lipinski definition) is 8. The highest BCUT2D eigenvalue weighted by Crippen LogP contribution is 2.36. The van der Waals surface area contributed by atoms with Crippen molar-refractivity contribution in [2.45, 2.75) is 104 Å². The molecule has 1 aromatic heterocycles. The summed E-state index contributed by atoms with van der Waals surface area (Å²) >= 11 is 0. The molecule has 0 spiro atoms. The van der Waals surface area contributed by atoms with Crippen LogP contribution in [-0.2, 0) is 18.8 Å². The Kier molecular flexibility index (Phi) is 8.25. The molecule has 2 saturated heterocycles. The van der Waals surface area contributed by atoms with Crippen molar-refractivity contribution in [1.29, 1.82) is 0 Å². The fourth-order valence-electron chi connectivity index (χ4n) is 4.14. The highest BCUT2D eigenvalue weighted by molar-refractivity contribution is 6.61. The maximum Gasteiger partial charge on any atom is 0.498 e. The topological polar surface area (TPSA) is 115 Å². The molecule has 0 unspecified atom stereocenters. The minimum atomic E-state index is -0.658. The molecule has 1 aromatic rings. The van der Waals surface area contributed by atoms with Crippen LogP contribution in [0.2, 0.25) is 0 Å². The first-order valence-electron chi connectivity index (χ1n) is 12.8. The molecule has 3 heterocycles. The second kappa shape index (κ2) is 10.5. The minimum Gasteiger partial charge on any atom is -0.444 e. The van der Waals surface area contributed by atoms with Crippen LogP contribution in [0.5, 0.6) is 0 Å². The van der Waals surface area contributed by atoms with Gasteiger partial charge in [0.15, 0.2) is 0 Å². The van der Waals surface area contributed by atoms with Crippen LogP contribution in [0.25, 0.3) is 0 Å². The van der Waals surface area contributed by atoms with Crippen LogP contribution >= 0.6 is 0 Å². The molecule has 2 amide bonds. The zero-order valence-corrected chi connectivity index (χ0v) is 23.2. The molecule has 0 aliphatic carbocycles. The average molecular weight is 503 g/mol. The van der Waals surface area contributed by atoms with Gasteiger partial charge in [0.1, 0.15) is 11.6 Å². The Morgan fingerprint density at radius 2 is 1.72 bits per heavy atom. The summed E-state index contributed by atoms with van der Waals surface area (Å²) in [6, 6.07) is -0.659. The van der Waals surface area contributed by atoms with Gasteiger partial charge in [-0.05, 0) is 67.2 Å². The summed E-state index contributed by atoms with van der Waals surface area (Å²) < 4.78 is 17.5. The predicted molar refractivity (Wildman–Crippen MR) is 139 cm³/mol. The van der Waals surface area contributed by atoms with Gasteiger partial charge in [-0.3, -0.25) is 4.79 Å². The third kappa shape index (κ3) is 6.88. The van der Waals surface area contributed by atoms with E-state index in [1.807, 2.05) is 41.5 Å². The van der Waals surface area contributed by atoms with Crippen LogP contribution in [0.4, 0.5) is 10.7 Å². The van der Waals surface area contributed by atoms with Gasteiger partial charge in [-0.15, -0.1) is 0 Å². The smallest absolute Gasteiger partial charge is 0.444 e. The molecule has 2 N–H and O–H groups in total. The van der Waals surface area contributed by atoms with E-state index in [1.54, 1.807) is 38.1 Å². The van der Waals surface area contributed by atoms with E-state index in [0.29, 0.717) is 19.0 Å². The summed E-state index contributed by atoms with van der Waals surface area (Å²) in [5, 5.41) is 6.10. The maximum atomic E-state index is 13.3. The fraction of sp³-hybridized carbons (Fsp3) is 0.760. The van der Waals surface area contributed by atoms with Crippen LogP contribution < -0.4 is 16.1 Å². The van der Waals surface area contributed by atoms with Gasteiger partial charge in [0.25, 0.3) is 0 Å². The number of carbonyl (C=O) groups is 2. The first-order valence-corrected chi connectivity index (χ1v) is 12.8. The molecule has 0 radical (unpaired) electrons. The third-order valence-corrected chi connectivity index (χ3v) is 6.87. The lowest BCUT2D eigenvalue weighted by Gasteiger charge is -2.36. The van der Waals surface area contributed by atoms with E-state index < -0.39 is 36.1 Å². The molecular formula is C25H42BN5O5. The molecule has 2 aliphatic rings. The largest absolute Gasteiger partial charge is 0.498 e. The number of carbonyl (C=O) groups excluding carboxylic acids is 2. The van der Waals surface area contributed by atoms with Crippen molar-refractivity contribution in [3.63, 3.8) is 0 Å². The third-order valence-electron chi connectivity index (χ3n) is 6.87. The predicted octanol–water partition coefficient (Wildman–Crippen LogP) is 2.73. The first-order chi connectivity index (χ1) is 16.6. The Morgan fingerprint density at radius 3 is 2.25 bits per heavy atom. The van der Waals surface area contributed by atoms with E-state index >= 15 is 0 Å². The summed E-state index contributed by atoms with van der Waals surface area (Å²) in [6.07, 6.45) is 4.56. The van der Waals surface area contributed by atoms with E-state index in [0.717, 1.165) is 18.3 Å². The van der Waals surface area contributed by atoms with Gasteiger partial charge in [0.05, 0.1) is 11.2 Å². The van der Waals surface area contributed by atoms with E-state index in [9.17, 15) is 9.59 Å². The number of nitrogens with one attached hydrogen (secondary N) is 2. The lowest BCUT2D eigenvalue weighted by atomic mass is 9.81. The van der Waals surface area contributed by atoms with Gasteiger partial charge >= 0.3 is 13.2 Å². The van der Waals surface area contributed by atoms with Crippen molar-refractivity contribution in [3.05, 3.63) is 12.4 Å². The number of alkyl carbamates (subject to hydrolysis) is 1. The molecule has 2 atom stereocenters. The molecule has 2 fully saturated rings. The molecule has 200 valence electrons. The summed E-state index contributed by atoms with van der Waals surface area (Å²) in [7, 11) is -0.516. The Labute approximate surface area is 215 Å². The van der Waals surface area contributed by atoms with Crippen molar-refractivity contribution >= 4 is 30.5 Å².